The first-order valence-electron chi connectivity index (χ1n) is 10.5. The van der Waals surface area contributed by atoms with Crippen molar-refractivity contribution in [1.82, 2.24) is 9.97 Å². The van der Waals surface area contributed by atoms with E-state index in [1.165, 1.54) is 50.6 Å². The van der Waals surface area contributed by atoms with E-state index >= 15 is 0 Å². The Labute approximate surface area is 201 Å². The fourth-order valence-electron chi connectivity index (χ4n) is 3.64. The van der Waals surface area contributed by atoms with Crippen molar-refractivity contribution < 1.29 is 27.9 Å². The number of nitrogens with zero attached hydrogens (tertiary/aromatic N) is 2. The highest BCUT2D eigenvalue weighted by Crippen LogP contribution is 2.25. The minimum absolute atomic E-state index is 0.0386. The van der Waals surface area contributed by atoms with E-state index in [0.29, 0.717) is 11.1 Å². The van der Waals surface area contributed by atoms with Crippen LogP contribution in [0.3, 0.4) is 0 Å². The SMILES string of the molecule is COC(=O)c1ccc2c(=O)oc(-c3ccc(-c4nc5cc(C(=O)OC)ccc5c(=O)o4)cc3)nc2c1. The van der Waals surface area contributed by atoms with Gasteiger partial charge >= 0.3 is 23.2 Å². The van der Waals surface area contributed by atoms with Gasteiger partial charge in [0.2, 0.25) is 11.8 Å². The quantitative estimate of drug-likeness (QED) is 0.348. The predicted molar refractivity (Wildman–Crippen MR) is 128 cm³/mol. The summed E-state index contributed by atoms with van der Waals surface area (Å²) >= 11 is 0. The normalized spacial score (nSPS) is 10.9. The van der Waals surface area contributed by atoms with Gasteiger partial charge in [0.1, 0.15) is 0 Å². The molecule has 2 aromatic heterocycles. The zero-order valence-corrected chi connectivity index (χ0v) is 18.9. The molecule has 0 saturated heterocycles. The number of benzene rings is 3. The van der Waals surface area contributed by atoms with E-state index in [4.69, 9.17) is 18.3 Å². The number of methoxy groups -OCH3 is 2. The van der Waals surface area contributed by atoms with Crippen molar-refractivity contribution in [3.05, 3.63) is 92.6 Å². The highest BCUT2D eigenvalue weighted by atomic mass is 16.5. The van der Waals surface area contributed by atoms with Crippen molar-refractivity contribution in [2.75, 3.05) is 14.2 Å². The second-order valence-corrected chi connectivity index (χ2v) is 7.64. The van der Waals surface area contributed by atoms with Gasteiger partial charge in [0.15, 0.2) is 0 Å². The molecule has 0 N–H and O–H groups in total. The molecule has 0 aliphatic heterocycles. The van der Waals surface area contributed by atoms with Crippen molar-refractivity contribution in [2.24, 2.45) is 0 Å². The highest BCUT2D eigenvalue weighted by Gasteiger charge is 2.15. The fourth-order valence-corrected chi connectivity index (χ4v) is 3.64. The molecule has 0 aliphatic carbocycles. The first-order chi connectivity index (χ1) is 17.4. The molecule has 0 saturated carbocycles. The van der Waals surface area contributed by atoms with Gasteiger partial charge in [-0.15, -0.1) is 0 Å². The zero-order chi connectivity index (χ0) is 25.4. The monoisotopic (exact) mass is 484 g/mol. The van der Waals surface area contributed by atoms with Crippen LogP contribution < -0.4 is 11.3 Å². The molecule has 0 amide bonds. The van der Waals surface area contributed by atoms with Gasteiger partial charge in [-0.3, -0.25) is 0 Å². The lowest BCUT2D eigenvalue weighted by molar-refractivity contribution is 0.0592. The van der Waals surface area contributed by atoms with Crippen molar-refractivity contribution in [3.63, 3.8) is 0 Å². The molecule has 2 heterocycles. The molecule has 10 nitrogen and oxygen atoms in total. The third-order valence-electron chi connectivity index (χ3n) is 5.48. The van der Waals surface area contributed by atoms with Crippen molar-refractivity contribution in [1.29, 1.82) is 0 Å². The molecule has 5 rings (SSSR count). The maximum atomic E-state index is 12.5. The van der Waals surface area contributed by atoms with E-state index in [0.717, 1.165) is 0 Å². The van der Waals surface area contributed by atoms with E-state index in [1.807, 2.05) is 0 Å². The van der Waals surface area contributed by atoms with E-state index < -0.39 is 23.2 Å². The summed E-state index contributed by atoms with van der Waals surface area (Å²) in [7, 11) is 2.52. The van der Waals surface area contributed by atoms with Crippen molar-refractivity contribution in [2.45, 2.75) is 0 Å². The first kappa shape index (κ1) is 22.7. The van der Waals surface area contributed by atoms with Crippen LogP contribution in [0.2, 0.25) is 0 Å². The van der Waals surface area contributed by atoms with E-state index in [1.54, 1.807) is 24.3 Å². The second kappa shape index (κ2) is 8.91. The van der Waals surface area contributed by atoms with Crippen LogP contribution >= 0.6 is 0 Å². The van der Waals surface area contributed by atoms with Crippen LogP contribution in [0.15, 0.2) is 79.1 Å². The largest absolute Gasteiger partial charge is 0.465 e. The van der Waals surface area contributed by atoms with Gasteiger partial charge in [-0.1, -0.05) is 0 Å². The fraction of sp³-hybridized carbons (Fsp3) is 0.0769. The van der Waals surface area contributed by atoms with Crippen LogP contribution in [0.4, 0.5) is 0 Å². The lowest BCUT2D eigenvalue weighted by atomic mass is 10.1. The van der Waals surface area contributed by atoms with Gasteiger partial charge < -0.3 is 18.3 Å². The molecular weight excluding hydrogens is 468 g/mol. The standard InChI is InChI=1S/C26H16N2O8/c1-33-23(29)15-7-9-17-19(11-15)27-21(35-25(17)31)13-3-5-14(6-4-13)22-28-20-12-16(24(30)34-2)8-10-18(20)26(32)36-22/h3-12H,1-2H3. The number of aromatic nitrogens is 2. The van der Waals surface area contributed by atoms with Gasteiger partial charge in [-0.2, -0.15) is 0 Å². The van der Waals surface area contributed by atoms with Gasteiger partial charge in [0.25, 0.3) is 0 Å². The summed E-state index contributed by atoms with van der Waals surface area (Å²) in [5.74, 6) is -1.03. The lowest BCUT2D eigenvalue weighted by Gasteiger charge is -2.06. The molecule has 0 spiro atoms. The van der Waals surface area contributed by atoms with Crippen LogP contribution in [0.25, 0.3) is 44.7 Å². The Balaban J connectivity index is 1.54. The summed E-state index contributed by atoms with van der Waals surface area (Å²) in [5.41, 5.74) is 0.760. The summed E-state index contributed by atoms with van der Waals surface area (Å²) in [6.45, 7) is 0. The third-order valence-corrected chi connectivity index (χ3v) is 5.48. The summed E-state index contributed by atoms with van der Waals surface area (Å²) < 4.78 is 20.1. The van der Waals surface area contributed by atoms with E-state index in [-0.39, 0.29) is 44.7 Å². The van der Waals surface area contributed by atoms with Gasteiger partial charge in [0.05, 0.1) is 47.2 Å². The predicted octanol–water partition coefficient (Wildman–Crippen LogP) is 3.60. The van der Waals surface area contributed by atoms with Gasteiger partial charge in [0, 0.05) is 11.1 Å². The molecule has 0 radical (unpaired) electrons. The Kier molecular flexibility index (Phi) is 5.61. The molecule has 178 valence electrons. The molecule has 0 atom stereocenters. The Morgan fingerprint density at radius 1 is 0.639 bits per heavy atom. The summed E-state index contributed by atoms with van der Waals surface area (Å²) in [6, 6.07) is 15.2. The highest BCUT2D eigenvalue weighted by molar-refractivity contribution is 5.95. The summed E-state index contributed by atoms with van der Waals surface area (Å²) in [6.07, 6.45) is 0. The molecular formula is C26H16N2O8. The maximum Gasteiger partial charge on any atom is 0.347 e. The molecule has 0 aliphatic rings. The first-order valence-corrected chi connectivity index (χ1v) is 10.5. The Morgan fingerprint density at radius 2 is 1.03 bits per heavy atom. The molecule has 0 unspecified atom stereocenters. The van der Waals surface area contributed by atoms with Crippen LogP contribution in [0.1, 0.15) is 20.7 Å². The number of hydrogen-bond acceptors (Lipinski definition) is 10. The zero-order valence-electron chi connectivity index (χ0n) is 18.9. The van der Waals surface area contributed by atoms with Crippen LogP contribution in [0.5, 0.6) is 0 Å². The number of esters is 2. The lowest BCUT2D eigenvalue weighted by Crippen LogP contribution is -2.06. The number of rotatable bonds is 4. The van der Waals surface area contributed by atoms with E-state index in [9.17, 15) is 19.2 Å². The van der Waals surface area contributed by atoms with Gasteiger partial charge in [-0.05, 0) is 60.7 Å². The molecule has 10 heteroatoms. The molecule has 0 fully saturated rings. The van der Waals surface area contributed by atoms with Crippen LogP contribution in [0, 0.1) is 0 Å². The number of fused-ring (bicyclic) bond motifs is 2. The van der Waals surface area contributed by atoms with Crippen molar-refractivity contribution >= 4 is 33.7 Å². The number of hydrogen-bond donors (Lipinski definition) is 0. The molecule has 3 aromatic carbocycles. The Bertz CT molecular complexity index is 1650. The number of carbonyl (C=O) groups excluding carboxylic acids is 2. The summed E-state index contributed by atoms with van der Waals surface area (Å²) in [4.78, 5) is 57.3. The number of ether oxygens (including phenoxy) is 2. The minimum Gasteiger partial charge on any atom is -0.465 e. The Morgan fingerprint density at radius 3 is 1.39 bits per heavy atom. The summed E-state index contributed by atoms with van der Waals surface area (Å²) in [5, 5.41) is 0.438. The van der Waals surface area contributed by atoms with Crippen LogP contribution in [-0.4, -0.2) is 36.1 Å². The van der Waals surface area contributed by atoms with Gasteiger partial charge in [-0.25, -0.2) is 29.1 Å². The molecule has 36 heavy (non-hydrogen) atoms. The van der Waals surface area contributed by atoms with Crippen molar-refractivity contribution in [3.8, 4) is 22.9 Å². The smallest absolute Gasteiger partial charge is 0.347 e. The average Bonchev–Trinajstić information content (AvgIpc) is 2.91. The molecule has 0 bridgehead atoms. The minimum atomic E-state index is -0.612. The third kappa shape index (κ3) is 4.00. The average molecular weight is 484 g/mol. The topological polar surface area (TPSA) is 139 Å². The second-order valence-electron chi connectivity index (χ2n) is 7.64. The Hall–Kier alpha value is -5.12. The number of carbonyl (C=O) groups is 2. The molecule has 5 aromatic rings. The maximum absolute atomic E-state index is 12.5. The van der Waals surface area contributed by atoms with E-state index in [2.05, 4.69) is 9.97 Å². The van der Waals surface area contributed by atoms with Crippen LogP contribution in [-0.2, 0) is 9.47 Å².